The van der Waals surface area contributed by atoms with Gasteiger partial charge in [-0.1, -0.05) is 12.1 Å². The minimum absolute atomic E-state index is 0.122. The van der Waals surface area contributed by atoms with Crippen molar-refractivity contribution in [1.82, 2.24) is 4.98 Å². The summed E-state index contributed by atoms with van der Waals surface area (Å²) in [6.45, 7) is 1.75. The van der Waals surface area contributed by atoms with Gasteiger partial charge in [-0.2, -0.15) is 0 Å². The summed E-state index contributed by atoms with van der Waals surface area (Å²) in [7, 11) is 0. The second-order valence-corrected chi connectivity index (χ2v) is 5.25. The lowest BCUT2D eigenvalue weighted by atomic mass is 10.1. The first-order valence-electron chi connectivity index (χ1n) is 7.14. The summed E-state index contributed by atoms with van der Waals surface area (Å²) in [5.74, 6) is 0.907. The largest absolute Gasteiger partial charge is 0.484 e. The van der Waals surface area contributed by atoms with Crippen molar-refractivity contribution in [3.63, 3.8) is 0 Å². The number of benzene rings is 1. The monoisotopic (exact) mass is 296 g/mol. The van der Waals surface area contributed by atoms with E-state index in [0.717, 1.165) is 17.5 Å². The van der Waals surface area contributed by atoms with E-state index in [0.29, 0.717) is 23.6 Å². The number of aryl methyl sites for hydroxylation is 2. The Morgan fingerprint density at radius 2 is 2.18 bits per heavy atom. The third-order valence-electron chi connectivity index (χ3n) is 3.64. The Kier molecular flexibility index (Phi) is 3.87. The zero-order valence-corrected chi connectivity index (χ0v) is 12.3. The Labute approximate surface area is 128 Å². The lowest BCUT2D eigenvalue weighted by Crippen LogP contribution is -2.21. The van der Waals surface area contributed by atoms with Crippen LogP contribution in [0.3, 0.4) is 0 Å². The van der Waals surface area contributed by atoms with Crippen LogP contribution in [0.15, 0.2) is 36.5 Å². The molecule has 5 heteroatoms. The van der Waals surface area contributed by atoms with Gasteiger partial charge >= 0.3 is 0 Å². The molecule has 22 heavy (non-hydrogen) atoms. The summed E-state index contributed by atoms with van der Waals surface area (Å²) < 4.78 is 5.46. The number of ketones is 1. The molecule has 5 nitrogen and oxygen atoms in total. The van der Waals surface area contributed by atoms with E-state index in [1.165, 1.54) is 0 Å². The minimum Gasteiger partial charge on any atom is -0.484 e. The summed E-state index contributed by atoms with van der Waals surface area (Å²) in [5.41, 5.74) is 2.64. The molecule has 0 atom stereocenters. The van der Waals surface area contributed by atoms with Crippen LogP contribution < -0.4 is 10.1 Å². The van der Waals surface area contributed by atoms with Crippen molar-refractivity contribution in [1.29, 1.82) is 0 Å². The molecule has 1 aliphatic rings. The van der Waals surface area contributed by atoms with Gasteiger partial charge < -0.3 is 10.1 Å². The SMILES string of the molecule is Cc1cccnc1NC(=O)COc1ccc2c(c1)C(=O)CC2. The fourth-order valence-corrected chi connectivity index (χ4v) is 2.44. The van der Waals surface area contributed by atoms with E-state index in [1.54, 1.807) is 18.3 Å². The first kappa shape index (κ1) is 14.3. The molecule has 0 bridgehead atoms. The van der Waals surface area contributed by atoms with Crippen LogP contribution in [0, 0.1) is 6.92 Å². The molecule has 1 aromatic heterocycles. The highest BCUT2D eigenvalue weighted by Gasteiger charge is 2.19. The van der Waals surface area contributed by atoms with Gasteiger partial charge in [-0.3, -0.25) is 9.59 Å². The first-order chi connectivity index (χ1) is 10.6. The summed E-state index contributed by atoms with van der Waals surface area (Å²) in [5, 5.41) is 2.70. The van der Waals surface area contributed by atoms with Crippen molar-refractivity contribution in [2.24, 2.45) is 0 Å². The van der Waals surface area contributed by atoms with E-state index in [2.05, 4.69) is 10.3 Å². The summed E-state index contributed by atoms with van der Waals surface area (Å²) in [6, 6.07) is 9.07. The maximum absolute atomic E-state index is 11.9. The van der Waals surface area contributed by atoms with Gasteiger partial charge in [0, 0.05) is 18.2 Å². The van der Waals surface area contributed by atoms with E-state index in [9.17, 15) is 9.59 Å². The topological polar surface area (TPSA) is 68.3 Å². The number of fused-ring (bicyclic) bond motifs is 1. The molecule has 1 N–H and O–H groups in total. The molecule has 0 fully saturated rings. The number of hydrogen-bond acceptors (Lipinski definition) is 4. The van der Waals surface area contributed by atoms with Crippen molar-refractivity contribution in [2.45, 2.75) is 19.8 Å². The molecule has 2 aromatic rings. The summed E-state index contributed by atoms with van der Waals surface area (Å²) in [4.78, 5) is 27.7. The average Bonchev–Trinajstić information content (AvgIpc) is 2.89. The lowest BCUT2D eigenvalue weighted by molar-refractivity contribution is -0.118. The van der Waals surface area contributed by atoms with Crippen LogP contribution in [-0.4, -0.2) is 23.3 Å². The third-order valence-corrected chi connectivity index (χ3v) is 3.64. The second kappa shape index (κ2) is 5.97. The van der Waals surface area contributed by atoms with Gasteiger partial charge in [0.25, 0.3) is 5.91 Å². The van der Waals surface area contributed by atoms with Crippen molar-refractivity contribution < 1.29 is 14.3 Å². The number of hydrogen-bond donors (Lipinski definition) is 1. The van der Waals surface area contributed by atoms with E-state index < -0.39 is 0 Å². The van der Waals surface area contributed by atoms with Crippen LogP contribution >= 0.6 is 0 Å². The van der Waals surface area contributed by atoms with E-state index in [1.807, 2.05) is 25.1 Å². The number of aromatic nitrogens is 1. The Morgan fingerprint density at radius 3 is 3.00 bits per heavy atom. The van der Waals surface area contributed by atoms with Crippen LogP contribution in [0.25, 0.3) is 0 Å². The van der Waals surface area contributed by atoms with Crippen molar-refractivity contribution in [3.05, 3.63) is 53.2 Å². The molecule has 0 saturated heterocycles. The van der Waals surface area contributed by atoms with Gasteiger partial charge in [0.05, 0.1) is 0 Å². The molecule has 1 aliphatic carbocycles. The van der Waals surface area contributed by atoms with Crippen LogP contribution in [0.4, 0.5) is 5.82 Å². The van der Waals surface area contributed by atoms with E-state index in [4.69, 9.17) is 4.74 Å². The van der Waals surface area contributed by atoms with Crippen LogP contribution in [-0.2, 0) is 11.2 Å². The van der Waals surface area contributed by atoms with Crippen molar-refractivity contribution in [3.8, 4) is 5.75 Å². The quantitative estimate of drug-likeness (QED) is 0.941. The number of carbonyl (C=O) groups is 2. The van der Waals surface area contributed by atoms with Gasteiger partial charge in [-0.05, 0) is 42.7 Å². The molecule has 1 heterocycles. The minimum atomic E-state index is -0.284. The van der Waals surface area contributed by atoms with Gasteiger partial charge in [0.1, 0.15) is 11.6 Å². The molecule has 0 aliphatic heterocycles. The smallest absolute Gasteiger partial charge is 0.263 e. The van der Waals surface area contributed by atoms with Crippen LogP contribution in [0.2, 0.25) is 0 Å². The zero-order chi connectivity index (χ0) is 15.5. The van der Waals surface area contributed by atoms with E-state index in [-0.39, 0.29) is 18.3 Å². The number of nitrogens with one attached hydrogen (secondary N) is 1. The highest BCUT2D eigenvalue weighted by molar-refractivity contribution is 6.00. The third kappa shape index (κ3) is 2.98. The zero-order valence-electron chi connectivity index (χ0n) is 12.3. The number of rotatable bonds is 4. The number of carbonyl (C=O) groups excluding carboxylic acids is 2. The molecule has 3 rings (SSSR count). The predicted octanol–water partition coefficient (Wildman–Crippen LogP) is 2.54. The number of amides is 1. The number of nitrogens with zero attached hydrogens (tertiary/aromatic N) is 1. The molecule has 0 radical (unpaired) electrons. The van der Waals surface area contributed by atoms with Gasteiger partial charge in [0.15, 0.2) is 12.4 Å². The average molecular weight is 296 g/mol. The number of anilines is 1. The fraction of sp³-hybridized carbons (Fsp3) is 0.235. The highest BCUT2D eigenvalue weighted by atomic mass is 16.5. The fourth-order valence-electron chi connectivity index (χ4n) is 2.44. The van der Waals surface area contributed by atoms with E-state index >= 15 is 0 Å². The molecular weight excluding hydrogens is 280 g/mol. The predicted molar refractivity (Wildman–Crippen MR) is 82.2 cm³/mol. The van der Waals surface area contributed by atoms with Gasteiger partial charge in [-0.15, -0.1) is 0 Å². The maximum Gasteiger partial charge on any atom is 0.263 e. The van der Waals surface area contributed by atoms with Crippen molar-refractivity contribution in [2.75, 3.05) is 11.9 Å². The number of Topliss-reactive ketones (excluding diaryl/α,β-unsaturated/α-hetero) is 1. The Morgan fingerprint density at radius 1 is 1.32 bits per heavy atom. The number of pyridine rings is 1. The van der Waals surface area contributed by atoms with Crippen molar-refractivity contribution >= 4 is 17.5 Å². The maximum atomic E-state index is 11.9. The Hall–Kier alpha value is -2.69. The van der Waals surface area contributed by atoms with Crippen LogP contribution in [0.5, 0.6) is 5.75 Å². The number of ether oxygens (including phenoxy) is 1. The summed E-state index contributed by atoms with van der Waals surface area (Å²) >= 11 is 0. The van der Waals surface area contributed by atoms with Gasteiger partial charge in [0.2, 0.25) is 0 Å². The normalized spacial score (nSPS) is 12.9. The molecule has 0 saturated carbocycles. The van der Waals surface area contributed by atoms with Gasteiger partial charge in [-0.25, -0.2) is 4.98 Å². The molecule has 0 spiro atoms. The standard InChI is InChI=1S/C17H16N2O3/c1-11-3-2-8-18-17(11)19-16(21)10-22-13-6-4-12-5-7-15(20)14(12)9-13/h2-4,6,8-9H,5,7,10H2,1H3,(H,18,19,21). The molecule has 0 unspecified atom stereocenters. The van der Waals surface area contributed by atoms with Crippen LogP contribution in [0.1, 0.15) is 27.9 Å². The summed E-state index contributed by atoms with van der Waals surface area (Å²) in [6.07, 6.45) is 2.96. The Balaban J connectivity index is 1.61. The second-order valence-electron chi connectivity index (χ2n) is 5.25. The molecule has 1 amide bonds. The molecule has 1 aromatic carbocycles. The lowest BCUT2D eigenvalue weighted by Gasteiger charge is -2.09. The molecule has 112 valence electrons. The highest BCUT2D eigenvalue weighted by Crippen LogP contribution is 2.26. The Bertz CT molecular complexity index is 740. The molecular formula is C17H16N2O3. The first-order valence-corrected chi connectivity index (χ1v) is 7.14.